The van der Waals surface area contributed by atoms with Crippen LogP contribution in [0.5, 0.6) is 11.6 Å². The van der Waals surface area contributed by atoms with Crippen molar-refractivity contribution in [3.63, 3.8) is 0 Å². The monoisotopic (exact) mass is 313 g/mol. The zero-order valence-corrected chi connectivity index (χ0v) is 11.3. The molecule has 1 rings (SSSR count). The number of carbonyl (C=O) groups is 1. The van der Waals surface area contributed by atoms with E-state index in [1.54, 1.807) is 0 Å². The number of alkyl halides is 4. The number of halogens is 4. The lowest BCUT2D eigenvalue weighted by Gasteiger charge is -2.16. The van der Waals surface area contributed by atoms with Crippen molar-refractivity contribution >= 4 is 17.6 Å². The molecule has 0 radical (unpaired) electrons. The van der Waals surface area contributed by atoms with Crippen LogP contribution in [-0.4, -0.2) is 31.0 Å². The van der Waals surface area contributed by atoms with Gasteiger partial charge in [-0.15, -0.1) is 24.8 Å². The van der Waals surface area contributed by atoms with Crippen molar-refractivity contribution in [2.75, 3.05) is 13.7 Å². The van der Waals surface area contributed by atoms with E-state index in [2.05, 4.69) is 14.5 Å². The molecule has 0 saturated carbocycles. The number of hydrogen-bond donors (Lipinski definition) is 0. The molecule has 5 nitrogen and oxygen atoms in total. The summed E-state index contributed by atoms with van der Waals surface area (Å²) in [6, 6.07) is 0. The molecule has 20 heavy (non-hydrogen) atoms. The average molecular weight is 314 g/mol. The van der Waals surface area contributed by atoms with E-state index < -0.39 is 23.6 Å². The number of rotatable bonds is 5. The lowest BCUT2D eigenvalue weighted by atomic mass is 10.2. The van der Waals surface area contributed by atoms with Crippen LogP contribution in [0, 0.1) is 0 Å². The van der Waals surface area contributed by atoms with Crippen LogP contribution < -0.4 is 9.47 Å². The average Bonchev–Trinajstić information content (AvgIpc) is 2.36. The number of esters is 1. The van der Waals surface area contributed by atoms with E-state index >= 15 is 0 Å². The third-order valence-electron chi connectivity index (χ3n) is 2.13. The van der Waals surface area contributed by atoms with E-state index in [9.17, 15) is 18.0 Å². The molecule has 0 aliphatic heterocycles. The highest BCUT2D eigenvalue weighted by atomic mass is 35.5. The Morgan fingerprint density at radius 1 is 1.45 bits per heavy atom. The minimum absolute atomic E-state index is 0.00741. The lowest BCUT2D eigenvalue weighted by Crippen LogP contribution is -2.21. The van der Waals surface area contributed by atoms with Crippen molar-refractivity contribution in [3.8, 4) is 11.6 Å². The minimum Gasteiger partial charge on any atom is -0.481 e. The van der Waals surface area contributed by atoms with Crippen LogP contribution >= 0.6 is 11.6 Å². The summed E-state index contributed by atoms with van der Waals surface area (Å²) in [5.74, 6) is -2.30. The van der Waals surface area contributed by atoms with Gasteiger partial charge in [-0.3, -0.25) is 0 Å². The van der Waals surface area contributed by atoms with Gasteiger partial charge in [0, 0.05) is 6.20 Å². The van der Waals surface area contributed by atoms with E-state index in [0.29, 0.717) is 0 Å². The molecule has 0 aliphatic carbocycles. The van der Waals surface area contributed by atoms with E-state index in [4.69, 9.17) is 16.3 Å². The van der Waals surface area contributed by atoms with Crippen LogP contribution in [0.1, 0.15) is 22.8 Å². The molecule has 0 unspecified atom stereocenters. The lowest BCUT2D eigenvalue weighted by molar-refractivity contribution is -0.275. The molecule has 0 amide bonds. The Labute approximate surface area is 117 Å². The highest BCUT2D eigenvalue weighted by Crippen LogP contribution is 2.35. The van der Waals surface area contributed by atoms with Crippen molar-refractivity contribution in [1.29, 1.82) is 0 Å². The SMILES string of the molecule is CCOC(=O)c1cnc(OC)c(CCl)c1OC(F)(F)F. The van der Waals surface area contributed by atoms with E-state index in [-0.39, 0.29) is 23.9 Å². The molecule has 9 heteroatoms. The number of pyridine rings is 1. The molecular weight excluding hydrogens is 303 g/mol. The van der Waals surface area contributed by atoms with Crippen LogP contribution in [0.4, 0.5) is 13.2 Å². The smallest absolute Gasteiger partial charge is 0.481 e. The molecule has 0 bridgehead atoms. The van der Waals surface area contributed by atoms with Gasteiger partial charge in [-0.05, 0) is 6.92 Å². The van der Waals surface area contributed by atoms with Crippen molar-refractivity contribution in [2.45, 2.75) is 19.2 Å². The highest BCUT2D eigenvalue weighted by molar-refractivity contribution is 6.17. The standard InChI is InChI=1S/C11H11ClF3NO4/c1-3-19-10(17)7-5-16-9(18-2)6(4-12)8(7)20-11(13,14)15/h5H,3-4H2,1-2H3. The predicted octanol–water partition coefficient (Wildman–Crippen LogP) is 2.90. The van der Waals surface area contributed by atoms with Crippen molar-refractivity contribution in [3.05, 3.63) is 17.3 Å². The Kier molecular flexibility index (Phi) is 5.43. The second-order valence-corrected chi connectivity index (χ2v) is 3.66. The largest absolute Gasteiger partial charge is 0.573 e. The quantitative estimate of drug-likeness (QED) is 0.618. The van der Waals surface area contributed by atoms with Crippen molar-refractivity contribution in [1.82, 2.24) is 4.98 Å². The number of methoxy groups -OCH3 is 1. The molecule has 1 aromatic heterocycles. The minimum atomic E-state index is -4.99. The van der Waals surface area contributed by atoms with Crippen LogP contribution in [-0.2, 0) is 10.6 Å². The summed E-state index contributed by atoms with van der Waals surface area (Å²) in [5, 5.41) is 0. The van der Waals surface area contributed by atoms with Gasteiger partial charge in [0.15, 0.2) is 5.75 Å². The molecular formula is C11H11ClF3NO4. The first kappa shape index (κ1) is 16.4. The van der Waals surface area contributed by atoms with Gasteiger partial charge in [0.25, 0.3) is 0 Å². The Morgan fingerprint density at radius 2 is 2.10 bits per heavy atom. The maximum absolute atomic E-state index is 12.4. The second-order valence-electron chi connectivity index (χ2n) is 3.39. The van der Waals surface area contributed by atoms with E-state index in [1.807, 2.05) is 0 Å². The molecule has 112 valence electrons. The summed E-state index contributed by atoms with van der Waals surface area (Å²) in [6.07, 6.45) is -4.11. The Morgan fingerprint density at radius 3 is 2.55 bits per heavy atom. The fourth-order valence-electron chi connectivity index (χ4n) is 1.40. The predicted molar refractivity (Wildman–Crippen MR) is 63.0 cm³/mol. The number of hydrogen-bond acceptors (Lipinski definition) is 5. The summed E-state index contributed by atoms with van der Waals surface area (Å²) in [4.78, 5) is 15.3. The van der Waals surface area contributed by atoms with Crippen LogP contribution in [0.15, 0.2) is 6.20 Å². The fourth-order valence-corrected chi connectivity index (χ4v) is 1.64. The van der Waals surface area contributed by atoms with Crippen LogP contribution in [0.2, 0.25) is 0 Å². The van der Waals surface area contributed by atoms with Gasteiger partial charge in [-0.2, -0.15) is 0 Å². The normalized spacial score (nSPS) is 11.1. The topological polar surface area (TPSA) is 57.7 Å². The molecule has 0 fully saturated rings. The molecule has 0 saturated heterocycles. The number of ether oxygens (including phenoxy) is 3. The van der Waals surface area contributed by atoms with Gasteiger partial charge in [0.05, 0.1) is 25.2 Å². The van der Waals surface area contributed by atoms with Gasteiger partial charge in [0.1, 0.15) is 5.56 Å². The highest BCUT2D eigenvalue weighted by Gasteiger charge is 2.35. The molecule has 1 aromatic rings. The Hall–Kier alpha value is -1.70. The van der Waals surface area contributed by atoms with E-state index in [1.165, 1.54) is 14.0 Å². The molecule has 0 spiro atoms. The molecule has 0 N–H and O–H groups in total. The van der Waals surface area contributed by atoms with Gasteiger partial charge >= 0.3 is 12.3 Å². The number of carbonyl (C=O) groups excluding carboxylic acids is 1. The number of nitrogens with zero attached hydrogens (tertiary/aromatic N) is 1. The summed E-state index contributed by atoms with van der Waals surface area (Å²) >= 11 is 5.58. The van der Waals surface area contributed by atoms with Crippen LogP contribution in [0.3, 0.4) is 0 Å². The molecule has 1 heterocycles. The van der Waals surface area contributed by atoms with Gasteiger partial charge in [0.2, 0.25) is 5.88 Å². The summed E-state index contributed by atoms with van der Waals surface area (Å²) in [5.41, 5.74) is -0.655. The third-order valence-corrected chi connectivity index (χ3v) is 2.40. The third kappa shape index (κ3) is 3.89. The summed E-state index contributed by atoms with van der Waals surface area (Å²) in [7, 11) is 1.21. The second kappa shape index (κ2) is 6.65. The maximum Gasteiger partial charge on any atom is 0.573 e. The van der Waals surface area contributed by atoms with Gasteiger partial charge < -0.3 is 14.2 Å². The van der Waals surface area contributed by atoms with Crippen molar-refractivity contribution in [2.24, 2.45) is 0 Å². The first-order chi connectivity index (χ1) is 9.34. The number of aromatic nitrogens is 1. The van der Waals surface area contributed by atoms with E-state index in [0.717, 1.165) is 6.20 Å². The maximum atomic E-state index is 12.4. The first-order valence-electron chi connectivity index (χ1n) is 5.38. The van der Waals surface area contributed by atoms with Gasteiger partial charge in [-0.25, -0.2) is 9.78 Å². The Balaban J connectivity index is 3.39. The van der Waals surface area contributed by atoms with Crippen molar-refractivity contribution < 1.29 is 32.2 Å². The fraction of sp³-hybridized carbons (Fsp3) is 0.455. The van der Waals surface area contributed by atoms with Gasteiger partial charge in [-0.1, -0.05) is 0 Å². The molecule has 0 aliphatic rings. The zero-order chi connectivity index (χ0) is 15.3. The first-order valence-corrected chi connectivity index (χ1v) is 5.92. The summed E-state index contributed by atoms with van der Waals surface area (Å²) < 4.78 is 50.6. The summed E-state index contributed by atoms with van der Waals surface area (Å²) in [6.45, 7) is 1.51. The molecule has 0 aromatic carbocycles. The zero-order valence-electron chi connectivity index (χ0n) is 10.6. The van der Waals surface area contributed by atoms with Crippen LogP contribution in [0.25, 0.3) is 0 Å². The Bertz CT molecular complexity index is 493. The molecule has 0 atom stereocenters.